The number of imide groups is 1. The maximum Gasteiger partial charge on any atom is 0.325 e. The molecule has 8 heteroatoms. The van der Waals surface area contributed by atoms with Gasteiger partial charge in [-0.2, -0.15) is 0 Å². The van der Waals surface area contributed by atoms with Gasteiger partial charge < -0.3 is 10.1 Å². The molecule has 0 unspecified atom stereocenters. The minimum absolute atomic E-state index is 0.136. The Morgan fingerprint density at radius 1 is 1.12 bits per heavy atom. The lowest BCUT2D eigenvalue weighted by Gasteiger charge is -2.35. The van der Waals surface area contributed by atoms with Gasteiger partial charge in [-0.3, -0.25) is 19.4 Å². The molecule has 2 aliphatic heterocycles. The fourth-order valence-corrected chi connectivity index (χ4v) is 3.23. The Morgan fingerprint density at radius 2 is 1.77 bits per heavy atom. The average Bonchev–Trinajstić information content (AvgIpc) is 2.91. The zero-order valence-corrected chi connectivity index (χ0v) is 14.9. The Balaban J connectivity index is 1.47. The molecule has 1 aromatic carbocycles. The number of nitrogens with one attached hydrogen (secondary N) is 1. The van der Waals surface area contributed by atoms with Crippen LogP contribution in [0.2, 0.25) is 0 Å². The number of hydrogen-bond acceptors (Lipinski definition) is 6. The molecule has 1 N–H and O–H groups in total. The number of carbonyl (C=O) groups is 3. The molecule has 0 radical (unpaired) electrons. The number of amides is 3. The maximum atomic E-state index is 12.3. The van der Waals surface area contributed by atoms with Gasteiger partial charge in [-0.15, -0.1) is 0 Å². The number of hydrogen-bond donors (Lipinski definition) is 1. The first-order chi connectivity index (χ1) is 12.6. The van der Waals surface area contributed by atoms with Gasteiger partial charge in [-0.05, 0) is 5.56 Å². The number of methoxy groups -OCH3 is 1. The Bertz CT molecular complexity index is 658. The molecule has 2 aliphatic rings. The monoisotopic (exact) mass is 360 g/mol. The molecule has 0 saturated carbocycles. The Morgan fingerprint density at radius 3 is 2.42 bits per heavy atom. The molecule has 0 aromatic heterocycles. The van der Waals surface area contributed by atoms with E-state index >= 15 is 0 Å². The summed E-state index contributed by atoms with van der Waals surface area (Å²) in [7, 11) is 1.26. The molecular weight excluding hydrogens is 336 g/mol. The first-order valence-corrected chi connectivity index (χ1v) is 8.74. The number of esters is 1. The van der Waals surface area contributed by atoms with Crippen molar-refractivity contribution in [2.45, 2.75) is 19.0 Å². The van der Waals surface area contributed by atoms with Gasteiger partial charge in [0.15, 0.2) is 0 Å². The van der Waals surface area contributed by atoms with Crippen LogP contribution >= 0.6 is 0 Å². The normalized spacial score (nSPS) is 21.7. The van der Waals surface area contributed by atoms with Crippen LogP contribution in [0.5, 0.6) is 0 Å². The van der Waals surface area contributed by atoms with Crippen molar-refractivity contribution in [1.29, 1.82) is 0 Å². The summed E-state index contributed by atoms with van der Waals surface area (Å²) in [5, 5.41) is 2.55. The summed E-state index contributed by atoms with van der Waals surface area (Å²) in [6.07, 6.45) is -0.136. The molecule has 1 atom stereocenters. The zero-order chi connectivity index (χ0) is 18.5. The number of benzene rings is 1. The predicted octanol–water partition coefficient (Wildman–Crippen LogP) is 0.245. The van der Waals surface area contributed by atoms with Crippen molar-refractivity contribution < 1.29 is 19.1 Å². The van der Waals surface area contributed by atoms with Crippen LogP contribution in [0, 0.1) is 0 Å². The van der Waals surface area contributed by atoms with Crippen LogP contribution in [-0.4, -0.2) is 78.6 Å². The van der Waals surface area contributed by atoms with Crippen LogP contribution in [-0.2, 0) is 20.9 Å². The molecule has 8 nitrogen and oxygen atoms in total. The van der Waals surface area contributed by atoms with Crippen molar-refractivity contribution in [1.82, 2.24) is 20.0 Å². The van der Waals surface area contributed by atoms with E-state index in [1.54, 1.807) is 0 Å². The SMILES string of the molecule is COC(=O)C[C@H]1NC(=O)N(CN2CCN(Cc3ccccc3)CC2)C1=O. The number of rotatable bonds is 6. The van der Waals surface area contributed by atoms with Gasteiger partial charge in [0.2, 0.25) is 0 Å². The lowest BCUT2D eigenvalue weighted by atomic mass is 10.2. The van der Waals surface area contributed by atoms with Crippen LogP contribution in [0.4, 0.5) is 4.79 Å². The molecule has 2 saturated heterocycles. The molecule has 26 heavy (non-hydrogen) atoms. The first-order valence-electron chi connectivity index (χ1n) is 8.74. The molecule has 0 spiro atoms. The van der Waals surface area contributed by atoms with Gasteiger partial charge in [0.05, 0.1) is 20.2 Å². The van der Waals surface area contributed by atoms with Crippen LogP contribution in [0.15, 0.2) is 30.3 Å². The molecule has 2 heterocycles. The Kier molecular flexibility index (Phi) is 5.85. The summed E-state index contributed by atoms with van der Waals surface area (Å²) < 4.78 is 4.56. The minimum Gasteiger partial charge on any atom is -0.469 e. The Labute approximate surface area is 152 Å². The second-order valence-electron chi connectivity index (χ2n) is 6.57. The number of piperazine rings is 1. The zero-order valence-electron chi connectivity index (χ0n) is 14.9. The highest BCUT2D eigenvalue weighted by molar-refractivity contribution is 6.05. The number of nitrogens with zero attached hydrogens (tertiary/aromatic N) is 3. The van der Waals surface area contributed by atoms with Gasteiger partial charge >= 0.3 is 12.0 Å². The van der Waals surface area contributed by atoms with Gasteiger partial charge in [0, 0.05) is 32.7 Å². The maximum absolute atomic E-state index is 12.3. The smallest absolute Gasteiger partial charge is 0.325 e. The van der Waals surface area contributed by atoms with Gasteiger partial charge in [-0.1, -0.05) is 30.3 Å². The molecule has 140 valence electrons. The van der Waals surface area contributed by atoms with Gasteiger partial charge in [0.25, 0.3) is 5.91 Å². The van der Waals surface area contributed by atoms with E-state index in [4.69, 9.17) is 0 Å². The molecule has 2 fully saturated rings. The van der Waals surface area contributed by atoms with E-state index in [1.807, 2.05) is 18.2 Å². The summed E-state index contributed by atoms with van der Waals surface area (Å²) >= 11 is 0. The second kappa shape index (κ2) is 8.29. The van der Waals surface area contributed by atoms with Crippen molar-refractivity contribution in [3.05, 3.63) is 35.9 Å². The van der Waals surface area contributed by atoms with Crippen molar-refractivity contribution >= 4 is 17.9 Å². The molecule has 1 aromatic rings. The van der Waals surface area contributed by atoms with E-state index in [-0.39, 0.29) is 19.0 Å². The highest BCUT2D eigenvalue weighted by Crippen LogP contribution is 2.13. The predicted molar refractivity (Wildman–Crippen MR) is 94.0 cm³/mol. The van der Waals surface area contributed by atoms with Crippen LogP contribution in [0.25, 0.3) is 0 Å². The van der Waals surface area contributed by atoms with Crippen LogP contribution < -0.4 is 5.32 Å². The fraction of sp³-hybridized carbons (Fsp3) is 0.500. The van der Waals surface area contributed by atoms with E-state index in [0.717, 1.165) is 32.7 Å². The number of ether oxygens (including phenoxy) is 1. The van der Waals surface area contributed by atoms with E-state index < -0.39 is 18.0 Å². The third kappa shape index (κ3) is 4.39. The summed E-state index contributed by atoms with van der Waals surface area (Å²) in [6, 6.07) is 9.03. The van der Waals surface area contributed by atoms with Crippen LogP contribution in [0.3, 0.4) is 0 Å². The Hall–Kier alpha value is -2.45. The standard InChI is InChI=1S/C18H24N4O4/c1-26-16(23)11-15-17(24)22(18(25)19-15)13-21-9-7-20(8-10-21)12-14-5-3-2-4-6-14/h2-6,15H,7-13H2,1H3,(H,19,25)/t15-/m1/s1. The van der Waals surface area contributed by atoms with E-state index in [9.17, 15) is 14.4 Å². The van der Waals surface area contributed by atoms with E-state index in [0.29, 0.717) is 0 Å². The average molecular weight is 360 g/mol. The third-order valence-electron chi connectivity index (χ3n) is 4.76. The van der Waals surface area contributed by atoms with Gasteiger partial charge in [-0.25, -0.2) is 9.69 Å². The van der Waals surface area contributed by atoms with Gasteiger partial charge in [0.1, 0.15) is 6.04 Å². The molecule has 3 rings (SSSR count). The topological polar surface area (TPSA) is 82.2 Å². The summed E-state index contributed by atoms with van der Waals surface area (Å²) in [6.45, 7) is 4.48. The largest absolute Gasteiger partial charge is 0.469 e. The highest BCUT2D eigenvalue weighted by Gasteiger charge is 2.40. The number of urea groups is 1. The van der Waals surface area contributed by atoms with E-state index in [1.165, 1.54) is 17.6 Å². The molecule has 0 aliphatic carbocycles. The molecular formula is C18H24N4O4. The lowest BCUT2D eigenvalue weighted by Crippen LogP contribution is -2.51. The molecule has 3 amide bonds. The highest BCUT2D eigenvalue weighted by atomic mass is 16.5. The van der Waals surface area contributed by atoms with Crippen molar-refractivity contribution in [2.24, 2.45) is 0 Å². The quantitative estimate of drug-likeness (QED) is 0.578. The third-order valence-corrected chi connectivity index (χ3v) is 4.76. The first kappa shape index (κ1) is 18.3. The fourth-order valence-electron chi connectivity index (χ4n) is 3.23. The lowest BCUT2D eigenvalue weighted by molar-refractivity contribution is -0.143. The second-order valence-corrected chi connectivity index (χ2v) is 6.57. The van der Waals surface area contributed by atoms with Crippen molar-refractivity contribution in [2.75, 3.05) is 40.0 Å². The van der Waals surface area contributed by atoms with Crippen LogP contribution in [0.1, 0.15) is 12.0 Å². The van der Waals surface area contributed by atoms with E-state index in [2.05, 4.69) is 32.0 Å². The van der Waals surface area contributed by atoms with Crippen molar-refractivity contribution in [3.63, 3.8) is 0 Å². The minimum atomic E-state index is -0.825. The summed E-state index contributed by atoms with van der Waals surface area (Å²) in [4.78, 5) is 41.4. The summed E-state index contributed by atoms with van der Waals surface area (Å²) in [5.74, 6) is -0.882. The molecule has 0 bridgehead atoms. The van der Waals surface area contributed by atoms with Crippen molar-refractivity contribution in [3.8, 4) is 0 Å². The number of carbonyl (C=O) groups excluding carboxylic acids is 3. The summed E-state index contributed by atoms with van der Waals surface area (Å²) in [5.41, 5.74) is 1.28.